The third kappa shape index (κ3) is 5.20. The van der Waals surface area contributed by atoms with E-state index in [0.717, 1.165) is 12.8 Å². The molecule has 25 heavy (non-hydrogen) atoms. The highest BCUT2D eigenvalue weighted by atomic mass is 35.5. The number of benzene rings is 1. The molecule has 1 amide bonds. The molecule has 8 heteroatoms. The molecule has 1 heterocycles. The Labute approximate surface area is 153 Å². The Morgan fingerprint density at radius 1 is 1.28 bits per heavy atom. The van der Waals surface area contributed by atoms with E-state index in [1.807, 2.05) is 0 Å². The number of carbonyl (C=O) groups excluding carboxylic acids is 1. The van der Waals surface area contributed by atoms with Gasteiger partial charge in [-0.3, -0.25) is 4.79 Å². The molecule has 1 aliphatic heterocycles. The lowest BCUT2D eigenvalue weighted by Gasteiger charge is -2.28. The Morgan fingerprint density at radius 2 is 1.84 bits per heavy atom. The van der Waals surface area contributed by atoms with Crippen LogP contribution < -0.4 is 20.5 Å². The Morgan fingerprint density at radius 3 is 2.40 bits per heavy atom. The van der Waals surface area contributed by atoms with Gasteiger partial charge in [0.2, 0.25) is 5.91 Å². The lowest BCUT2D eigenvalue weighted by Crippen LogP contribution is -2.47. The fraction of sp³-hybridized carbons (Fsp3) is 0.588. The minimum atomic E-state index is -0.625. The molecule has 142 valence electrons. The second-order valence-electron chi connectivity index (χ2n) is 5.93. The number of halogens is 2. The summed E-state index contributed by atoms with van der Waals surface area (Å²) in [6, 6.07) is 1.61. The van der Waals surface area contributed by atoms with Gasteiger partial charge in [0, 0.05) is 24.8 Å². The number of rotatable bonds is 6. The second kappa shape index (κ2) is 9.79. The third-order valence-corrected chi connectivity index (χ3v) is 4.40. The van der Waals surface area contributed by atoms with Gasteiger partial charge in [0.05, 0.1) is 26.3 Å². The largest absolute Gasteiger partial charge is 0.493 e. The Kier molecular flexibility index (Phi) is 8.41. The molecule has 0 aliphatic carbocycles. The van der Waals surface area contributed by atoms with Gasteiger partial charge in [0.25, 0.3) is 0 Å². The Bertz CT molecular complexity index is 582. The van der Waals surface area contributed by atoms with Crippen molar-refractivity contribution in [1.29, 1.82) is 0 Å². The zero-order valence-electron chi connectivity index (χ0n) is 14.7. The van der Waals surface area contributed by atoms with E-state index in [1.54, 1.807) is 6.92 Å². The average Bonchev–Trinajstić information content (AvgIpc) is 2.61. The maximum Gasteiger partial charge on any atom is 0.237 e. The number of amides is 1. The first-order valence-corrected chi connectivity index (χ1v) is 8.03. The SMILES string of the molecule is COc1cc(F)c(C(C)NC(=O)C(N)C2CCOCC2)cc1OC.Cl. The van der Waals surface area contributed by atoms with E-state index in [4.69, 9.17) is 19.9 Å². The highest BCUT2D eigenvalue weighted by molar-refractivity contribution is 5.85. The maximum atomic E-state index is 14.3. The van der Waals surface area contributed by atoms with Crippen molar-refractivity contribution in [3.05, 3.63) is 23.5 Å². The highest BCUT2D eigenvalue weighted by Crippen LogP contribution is 2.32. The molecular formula is C17H26ClFN2O4. The summed E-state index contributed by atoms with van der Waals surface area (Å²) >= 11 is 0. The van der Waals surface area contributed by atoms with E-state index in [9.17, 15) is 9.18 Å². The predicted molar refractivity (Wildman–Crippen MR) is 94.8 cm³/mol. The van der Waals surface area contributed by atoms with Gasteiger partial charge in [-0.15, -0.1) is 12.4 Å². The second-order valence-corrected chi connectivity index (χ2v) is 5.93. The lowest BCUT2D eigenvalue weighted by atomic mass is 9.91. The van der Waals surface area contributed by atoms with Crippen LogP contribution in [0.1, 0.15) is 31.4 Å². The van der Waals surface area contributed by atoms with Gasteiger partial charge >= 0.3 is 0 Å². The normalized spacial score (nSPS) is 17.2. The predicted octanol–water partition coefficient (Wildman–Crippen LogP) is 2.20. The van der Waals surface area contributed by atoms with E-state index in [1.165, 1.54) is 26.4 Å². The van der Waals surface area contributed by atoms with Gasteiger partial charge in [0.1, 0.15) is 5.82 Å². The molecule has 0 saturated carbocycles. The fourth-order valence-electron chi connectivity index (χ4n) is 2.88. The van der Waals surface area contributed by atoms with Crippen LogP contribution in [0.25, 0.3) is 0 Å². The van der Waals surface area contributed by atoms with E-state index in [2.05, 4.69) is 5.32 Å². The van der Waals surface area contributed by atoms with Crippen molar-refractivity contribution >= 4 is 18.3 Å². The quantitative estimate of drug-likeness (QED) is 0.795. The van der Waals surface area contributed by atoms with Crippen LogP contribution in [0.15, 0.2) is 12.1 Å². The van der Waals surface area contributed by atoms with Crippen LogP contribution in [-0.2, 0) is 9.53 Å². The number of carbonyl (C=O) groups is 1. The van der Waals surface area contributed by atoms with Crippen molar-refractivity contribution in [2.24, 2.45) is 11.7 Å². The molecule has 3 N–H and O–H groups in total. The molecule has 6 nitrogen and oxygen atoms in total. The van der Waals surface area contributed by atoms with Crippen LogP contribution in [0.4, 0.5) is 4.39 Å². The molecule has 0 aromatic heterocycles. The topological polar surface area (TPSA) is 82.8 Å². The number of methoxy groups -OCH3 is 2. The van der Waals surface area contributed by atoms with E-state index < -0.39 is 17.9 Å². The smallest absolute Gasteiger partial charge is 0.237 e. The molecule has 1 aromatic carbocycles. The van der Waals surface area contributed by atoms with Crippen molar-refractivity contribution in [1.82, 2.24) is 5.32 Å². The van der Waals surface area contributed by atoms with Crippen LogP contribution >= 0.6 is 12.4 Å². The molecule has 0 bridgehead atoms. The number of hydrogen-bond donors (Lipinski definition) is 2. The standard InChI is InChI=1S/C17H25FN2O4.ClH/c1-10(12-8-14(22-2)15(23-3)9-13(12)18)20-17(21)16(19)11-4-6-24-7-5-11;/h8-11,16H,4-7,19H2,1-3H3,(H,20,21);1H. The summed E-state index contributed by atoms with van der Waals surface area (Å²) in [7, 11) is 2.92. The molecule has 0 spiro atoms. The molecule has 2 atom stereocenters. The number of ether oxygens (including phenoxy) is 3. The van der Waals surface area contributed by atoms with Crippen molar-refractivity contribution in [2.75, 3.05) is 27.4 Å². The van der Waals surface area contributed by atoms with Crippen LogP contribution in [0.5, 0.6) is 11.5 Å². The van der Waals surface area contributed by atoms with Gasteiger partial charge < -0.3 is 25.3 Å². The van der Waals surface area contributed by atoms with Crippen molar-refractivity contribution < 1.29 is 23.4 Å². The molecule has 2 rings (SSSR count). The summed E-state index contributed by atoms with van der Waals surface area (Å²) < 4.78 is 29.8. The summed E-state index contributed by atoms with van der Waals surface area (Å²) in [5.41, 5.74) is 6.37. The third-order valence-electron chi connectivity index (χ3n) is 4.40. The molecule has 2 unspecified atom stereocenters. The lowest BCUT2D eigenvalue weighted by molar-refractivity contribution is -0.125. The molecular weight excluding hydrogens is 351 g/mol. The van der Waals surface area contributed by atoms with Gasteiger partial charge in [0.15, 0.2) is 11.5 Å². The molecule has 1 saturated heterocycles. The summed E-state index contributed by atoms with van der Waals surface area (Å²) in [6.45, 7) is 2.94. The van der Waals surface area contributed by atoms with Crippen LogP contribution in [-0.4, -0.2) is 39.4 Å². The van der Waals surface area contributed by atoms with Crippen LogP contribution in [0.3, 0.4) is 0 Å². The van der Waals surface area contributed by atoms with Crippen LogP contribution in [0.2, 0.25) is 0 Å². The average molecular weight is 377 g/mol. The van der Waals surface area contributed by atoms with Gasteiger partial charge in [-0.2, -0.15) is 0 Å². The molecule has 0 radical (unpaired) electrons. The van der Waals surface area contributed by atoms with Crippen molar-refractivity contribution in [3.63, 3.8) is 0 Å². The highest BCUT2D eigenvalue weighted by Gasteiger charge is 2.28. The maximum absolute atomic E-state index is 14.3. The first kappa shape index (κ1) is 21.5. The van der Waals surface area contributed by atoms with Gasteiger partial charge in [-0.25, -0.2) is 4.39 Å². The summed E-state index contributed by atoms with van der Waals surface area (Å²) in [4.78, 5) is 12.4. The number of nitrogens with two attached hydrogens (primary N) is 1. The molecule has 1 aliphatic rings. The first-order valence-electron chi connectivity index (χ1n) is 8.03. The van der Waals surface area contributed by atoms with Crippen molar-refractivity contribution in [2.45, 2.75) is 31.8 Å². The minimum Gasteiger partial charge on any atom is -0.493 e. The number of nitrogens with one attached hydrogen (secondary N) is 1. The zero-order valence-corrected chi connectivity index (χ0v) is 15.5. The Hall–Kier alpha value is -1.57. The zero-order chi connectivity index (χ0) is 17.7. The summed E-state index contributed by atoms with van der Waals surface area (Å²) in [6.07, 6.45) is 1.52. The van der Waals surface area contributed by atoms with Crippen LogP contribution in [0, 0.1) is 11.7 Å². The monoisotopic (exact) mass is 376 g/mol. The van der Waals surface area contributed by atoms with E-state index in [0.29, 0.717) is 30.3 Å². The number of hydrogen-bond acceptors (Lipinski definition) is 5. The van der Waals surface area contributed by atoms with E-state index >= 15 is 0 Å². The summed E-state index contributed by atoms with van der Waals surface area (Å²) in [5, 5.41) is 2.78. The molecule has 1 aromatic rings. The Balaban J connectivity index is 0.00000312. The minimum absolute atomic E-state index is 0. The van der Waals surface area contributed by atoms with Gasteiger partial charge in [-0.05, 0) is 31.7 Å². The summed E-state index contributed by atoms with van der Waals surface area (Å²) in [5.74, 6) is 0.0322. The fourth-order valence-corrected chi connectivity index (χ4v) is 2.88. The molecule has 1 fully saturated rings. The first-order chi connectivity index (χ1) is 11.5. The van der Waals surface area contributed by atoms with Crippen molar-refractivity contribution in [3.8, 4) is 11.5 Å². The van der Waals surface area contributed by atoms with Gasteiger partial charge in [-0.1, -0.05) is 0 Å². The van der Waals surface area contributed by atoms with E-state index in [-0.39, 0.29) is 24.2 Å².